The standard InChI is InChI=1S/C18H12N2O4/c21-18-14-9-12-3-1-2-4-15(12)19-16(14)10-17(24-18)11-5-7-13(8-6-11)20(22)23/h1-9,17H,10H2. The summed E-state index contributed by atoms with van der Waals surface area (Å²) in [5.74, 6) is -0.419. The number of pyridine rings is 1. The highest BCUT2D eigenvalue weighted by Crippen LogP contribution is 2.32. The number of nitrogens with zero attached hydrogens (tertiary/aromatic N) is 2. The summed E-state index contributed by atoms with van der Waals surface area (Å²) in [4.78, 5) is 27.2. The second-order valence-corrected chi connectivity index (χ2v) is 5.62. The van der Waals surface area contributed by atoms with Crippen LogP contribution in [0.1, 0.15) is 27.7 Å². The number of hydrogen-bond donors (Lipinski definition) is 0. The van der Waals surface area contributed by atoms with Gasteiger partial charge in [-0.2, -0.15) is 0 Å². The number of esters is 1. The molecular weight excluding hydrogens is 308 g/mol. The third-order valence-corrected chi connectivity index (χ3v) is 4.13. The van der Waals surface area contributed by atoms with E-state index in [1.165, 1.54) is 12.1 Å². The third kappa shape index (κ3) is 2.38. The molecule has 1 aliphatic heterocycles. The monoisotopic (exact) mass is 320 g/mol. The van der Waals surface area contributed by atoms with E-state index in [2.05, 4.69) is 4.98 Å². The van der Waals surface area contributed by atoms with Crippen LogP contribution in [0, 0.1) is 10.1 Å². The van der Waals surface area contributed by atoms with Crippen LogP contribution in [0.25, 0.3) is 10.9 Å². The first-order valence-corrected chi connectivity index (χ1v) is 7.46. The number of aromatic nitrogens is 1. The van der Waals surface area contributed by atoms with Gasteiger partial charge in [0.1, 0.15) is 6.10 Å². The summed E-state index contributed by atoms with van der Waals surface area (Å²) in [6.07, 6.45) is -0.0385. The van der Waals surface area contributed by atoms with Gasteiger partial charge in [0.2, 0.25) is 0 Å². The van der Waals surface area contributed by atoms with E-state index in [-0.39, 0.29) is 5.69 Å². The predicted molar refractivity (Wildman–Crippen MR) is 86.7 cm³/mol. The summed E-state index contributed by atoms with van der Waals surface area (Å²) in [5, 5.41) is 11.6. The van der Waals surface area contributed by atoms with Crippen molar-refractivity contribution in [2.45, 2.75) is 12.5 Å². The van der Waals surface area contributed by atoms with Crippen LogP contribution >= 0.6 is 0 Å². The van der Waals surface area contributed by atoms with Crippen molar-refractivity contribution in [2.24, 2.45) is 0 Å². The van der Waals surface area contributed by atoms with Crippen molar-refractivity contribution in [2.75, 3.05) is 0 Å². The molecule has 24 heavy (non-hydrogen) atoms. The van der Waals surface area contributed by atoms with Crippen molar-refractivity contribution in [1.82, 2.24) is 4.98 Å². The first-order chi connectivity index (χ1) is 11.6. The molecule has 1 unspecified atom stereocenters. The molecule has 0 bridgehead atoms. The average molecular weight is 320 g/mol. The van der Waals surface area contributed by atoms with Gasteiger partial charge in [-0.3, -0.25) is 15.1 Å². The van der Waals surface area contributed by atoms with Gasteiger partial charge in [0.05, 0.1) is 21.7 Å². The fourth-order valence-electron chi connectivity index (χ4n) is 2.89. The molecule has 6 nitrogen and oxygen atoms in total. The summed E-state index contributed by atoms with van der Waals surface area (Å²) in [6.45, 7) is 0. The van der Waals surface area contributed by atoms with Crippen molar-refractivity contribution in [1.29, 1.82) is 0 Å². The summed E-state index contributed by atoms with van der Waals surface area (Å²) in [7, 11) is 0. The number of cyclic esters (lactones) is 1. The Balaban J connectivity index is 1.71. The lowest BCUT2D eigenvalue weighted by Crippen LogP contribution is -2.23. The number of non-ortho nitro benzene ring substituents is 1. The van der Waals surface area contributed by atoms with E-state index in [0.717, 1.165) is 16.5 Å². The van der Waals surface area contributed by atoms with Crippen LogP contribution in [-0.2, 0) is 11.2 Å². The van der Waals surface area contributed by atoms with E-state index >= 15 is 0 Å². The van der Waals surface area contributed by atoms with Gasteiger partial charge in [-0.15, -0.1) is 0 Å². The van der Waals surface area contributed by atoms with Gasteiger partial charge in [-0.25, -0.2) is 4.79 Å². The maximum Gasteiger partial charge on any atom is 0.340 e. The minimum Gasteiger partial charge on any atom is -0.453 e. The van der Waals surface area contributed by atoms with Crippen molar-refractivity contribution < 1.29 is 14.5 Å². The van der Waals surface area contributed by atoms with E-state index in [9.17, 15) is 14.9 Å². The zero-order valence-electron chi connectivity index (χ0n) is 12.5. The number of ether oxygens (including phenoxy) is 1. The summed E-state index contributed by atoms with van der Waals surface area (Å²) in [5.41, 5.74) is 2.72. The molecule has 0 saturated carbocycles. The Morgan fingerprint density at radius 1 is 1.12 bits per heavy atom. The summed E-state index contributed by atoms with van der Waals surface area (Å²) < 4.78 is 5.50. The van der Waals surface area contributed by atoms with Gasteiger partial charge in [0, 0.05) is 23.9 Å². The van der Waals surface area contributed by atoms with Crippen LogP contribution in [0.4, 0.5) is 5.69 Å². The average Bonchev–Trinajstić information content (AvgIpc) is 2.60. The molecule has 4 rings (SSSR count). The Bertz CT molecular complexity index is 966. The number of nitro groups is 1. The molecule has 3 aromatic rings. The van der Waals surface area contributed by atoms with Crippen molar-refractivity contribution in [3.8, 4) is 0 Å². The first kappa shape index (κ1) is 14.3. The quantitative estimate of drug-likeness (QED) is 0.409. The van der Waals surface area contributed by atoms with Crippen LogP contribution in [0.3, 0.4) is 0 Å². The van der Waals surface area contributed by atoms with Crippen LogP contribution in [0.2, 0.25) is 0 Å². The molecule has 118 valence electrons. The van der Waals surface area contributed by atoms with Crippen LogP contribution in [-0.4, -0.2) is 15.9 Å². The molecule has 1 atom stereocenters. The lowest BCUT2D eigenvalue weighted by molar-refractivity contribution is -0.384. The van der Waals surface area contributed by atoms with Crippen LogP contribution in [0.5, 0.6) is 0 Å². The third-order valence-electron chi connectivity index (χ3n) is 4.13. The normalized spacial score (nSPS) is 16.5. The molecule has 0 spiro atoms. The number of fused-ring (bicyclic) bond motifs is 2. The molecule has 0 aliphatic carbocycles. The maximum absolute atomic E-state index is 12.3. The minimum absolute atomic E-state index is 0.00500. The van der Waals surface area contributed by atoms with E-state index in [0.29, 0.717) is 17.7 Å². The fraction of sp³-hybridized carbons (Fsp3) is 0.111. The van der Waals surface area contributed by atoms with E-state index in [1.807, 2.05) is 24.3 Å². The number of carbonyl (C=O) groups is 1. The van der Waals surface area contributed by atoms with Gasteiger partial charge in [0.25, 0.3) is 5.69 Å². The second kappa shape index (κ2) is 5.42. The summed E-state index contributed by atoms with van der Waals surface area (Å²) in [6, 6.07) is 15.4. The Kier molecular flexibility index (Phi) is 3.23. The van der Waals surface area contributed by atoms with Crippen LogP contribution < -0.4 is 0 Å². The Hall–Kier alpha value is -3.28. The highest BCUT2D eigenvalue weighted by atomic mass is 16.6. The largest absolute Gasteiger partial charge is 0.453 e. The summed E-state index contributed by atoms with van der Waals surface area (Å²) >= 11 is 0. The van der Waals surface area contributed by atoms with Crippen molar-refractivity contribution in [3.05, 3.63) is 81.5 Å². The lowest BCUT2D eigenvalue weighted by atomic mass is 9.97. The van der Waals surface area contributed by atoms with Crippen molar-refractivity contribution in [3.63, 3.8) is 0 Å². The predicted octanol–water partition coefficient (Wildman–Crippen LogP) is 3.60. The number of rotatable bonds is 2. The molecule has 1 aliphatic rings. The van der Waals surface area contributed by atoms with Gasteiger partial charge in [-0.1, -0.05) is 18.2 Å². The Labute approximate surface area is 136 Å². The maximum atomic E-state index is 12.3. The molecule has 0 amide bonds. The highest BCUT2D eigenvalue weighted by Gasteiger charge is 2.29. The Morgan fingerprint density at radius 2 is 1.88 bits per heavy atom. The molecule has 2 aromatic carbocycles. The van der Waals surface area contributed by atoms with Gasteiger partial charge in [0.15, 0.2) is 0 Å². The second-order valence-electron chi connectivity index (χ2n) is 5.62. The number of nitro benzene ring substituents is 1. The number of benzene rings is 2. The molecule has 1 aromatic heterocycles. The van der Waals surface area contributed by atoms with E-state index in [4.69, 9.17) is 4.74 Å². The smallest absolute Gasteiger partial charge is 0.340 e. The topological polar surface area (TPSA) is 82.3 Å². The Morgan fingerprint density at radius 3 is 2.62 bits per heavy atom. The van der Waals surface area contributed by atoms with E-state index in [1.54, 1.807) is 18.2 Å². The van der Waals surface area contributed by atoms with Gasteiger partial charge >= 0.3 is 5.97 Å². The van der Waals surface area contributed by atoms with Crippen LogP contribution in [0.15, 0.2) is 54.6 Å². The highest BCUT2D eigenvalue weighted by molar-refractivity contribution is 5.96. The van der Waals surface area contributed by atoms with E-state index < -0.39 is 17.0 Å². The minimum atomic E-state index is -0.487. The number of para-hydroxylation sites is 1. The number of carbonyl (C=O) groups excluding carboxylic acids is 1. The molecule has 0 fully saturated rings. The zero-order valence-corrected chi connectivity index (χ0v) is 12.5. The molecular formula is C18H12N2O4. The lowest BCUT2D eigenvalue weighted by Gasteiger charge is -2.24. The zero-order chi connectivity index (χ0) is 16.7. The SMILES string of the molecule is O=C1OC(c2ccc([N+](=O)[O-])cc2)Cc2nc3ccccc3cc21. The molecule has 0 saturated heterocycles. The molecule has 6 heteroatoms. The first-order valence-electron chi connectivity index (χ1n) is 7.46. The van der Waals surface area contributed by atoms with Crippen molar-refractivity contribution >= 4 is 22.6 Å². The number of hydrogen-bond acceptors (Lipinski definition) is 5. The molecule has 0 N–H and O–H groups in total. The molecule has 0 radical (unpaired) electrons. The van der Waals surface area contributed by atoms with Gasteiger partial charge < -0.3 is 4.74 Å². The fourth-order valence-corrected chi connectivity index (χ4v) is 2.89. The molecule has 2 heterocycles. The van der Waals surface area contributed by atoms with Gasteiger partial charge in [-0.05, 0) is 29.8 Å².